The van der Waals surface area contributed by atoms with Crippen LogP contribution in [-0.2, 0) is 19.2 Å². The minimum atomic E-state index is -3.39. The Hall–Kier alpha value is -0.170. The van der Waals surface area contributed by atoms with Gasteiger partial charge in [-0.25, -0.2) is 0 Å². The molecule has 0 saturated carbocycles. The normalized spacial score (nSPS) is 36.9. The van der Waals surface area contributed by atoms with Crippen LogP contribution in [0.3, 0.4) is 0 Å². The van der Waals surface area contributed by atoms with E-state index >= 15 is 0 Å². The van der Waals surface area contributed by atoms with Crippen LogP contribution in [0, 0.1) is 0 Å². The first-order valence-corrected chi connectivity index (χ1v) is 4.80. The van der Waals surface area contributed by atoms with E-state index in [9.17, 15) is 8.42 Å². The Kier molecular flexibility index (Phi) is 1.64. The summed E-state index contributed by atoms with van der Waals surface area (Å²) >= 11 is 0. The van der Waals surface area contributed by atoms with Gasteiger partial charge >= 0.3 is 10.3 Å². The first-order chi connectivity index (χ1) is 5.20. The van der Waals surface area contributed by atoms with Crippen LogP contribution < -0.4 is 0 Å². The van der Waals surface area contributed by atoms with Gasteiger partial charge in [-0.3, -0.25) is 4.18 Å². The van der Waals surface area contributed by atoms with E-state index in [0.717, 1.165) is 0 Å². The maximum atomic E-state index is 11.0. The summed E-state index contributed by atoms with van der Waals surface area (Å²) in [5, 5.41) is 0. The van der Waals surface area contributed by atoms with Crippen LogP contribution in [-0.4, -0.2) is 45.1 Å². The second-order valence-electron chi connectivity index (χ2n) is 2.58. The molecule has 2 aliphatic heterocycles. The molecule has 0 amide bonds. The molecule has 2 rings (SSSR count). The Morgan fingerprint density at radius 3 is 2.91 bits per heavy atom. The summed E-state index contributed by atoms with van der Waals surface area (Å²) in [5.41, 5.74) is 0. The molecule has 2 aliphatic rings. The lowest BCUT2D eigenvalue weighted by atomic mass is 10.3. The van der Waals surface area contributed by atoms with Gasteiger partial charge in [-0.05, 0) is 0 Å². The van der Waals surface area contributed by atoms with E-state index in [4.69, 9.17) is 4.74 Å². The van der Waals surface area contributed by atoms with Gasteiger partial charge in [0.15, 0.2) is 0 Å². The molecule has 0 N–H and O–H groups in total. The third-order valence-corrected chi connectivity index (χ3v) is 3.36. The number of morpholine rings is 1. The molecule has 11 heavy (non-hydrogen) atoms. The van der Waals surface area contributed by atoms with Crippen molar-refractivity contribution in [3.8, 4) is 0 Å². The van der Waals surface area contributed by atoms with Crippen molar-refractivity contribution in [1.82, 2.24) is 4.31 Å². The summed E-state index contributed by atoms with van der Waals surface area (Å²) in [5.74, 6) is 0. The van der Waals surface area contributed by atoms with Gasteiger partial charge in [0.25, 0.3) is 0 Å². The Labute approximate surface area is 65.1 Å². The van der Waals surface area contributed by atoms with Crippen LogP contribution in [0.5, 0.6) is 0 Å². The molecule has 0 spiro atoms. The minimum absolute atomic E-state index is 0.0891. The van der Waals surface area contributed by atoms with Crippen molar-refractivity contribution in [3.63, 3.8) is 0 Å². The number of rotatable bonds is 0. The predicted octanol–water partition coefficient (Wildman–Crippen LogP) is -1.04. The summed E-state index contributed by atoms with van der Waals surface area (Å²) < 4.78 is 33.1. The largest absolute Gasteiger partial charge is 0.378 e. The van der Waals surface area contributed by atoms with E-state index in [-0.39, 0.29) is 12.6 Å². The first-order valence-electron chi connectivity index (χ1n) is 3.44. The zero-order chi connectivity index (χ0) is 7.90. The van der Waals surface area contributed by atoms with E-state index < -0.39 is 10.3 Å². The molecule has 0 aromatic rings. The van der Waals surface area contributed by atoms with Crippen LogP contribution in [0.4, 0.5) is 0 Å². The van der Waals surface area contributed by atoms with E-state index in [1.165, 1.54) is 4.31 Å². The summed E-state index contributed by atoms with van der Waals surface area (Å²) in [6.45, 7) is 1.59. The molecule has 6 heteroatoms. The van der Waals surface area contributed by atoms with E-state index in [0.29, 0.717) is 19.8 Å². The first kappa shape index (κ1) is 7.48. The number of fused-ring (bicyclic) bond motifs is 1. The number of nitrogens with zero attached hydrogens (tertiary/aromatic N) is 1. The molecule has 1 atom stereocenters. The summed E-state index contributed by atoms with van der Waals surface area (Å²) in [6, 6.07) is -0.0891. The highest BCUT2D eigenvalue weighted by atomic mass is 32.2. The van der Waals surface area contributed by atoms with E-state index in [1.54, 1.807) is 0 Å². The van der Waals surface area contributed by atoms with Crippen LogP contribution in [0.2, 0.25) is 0 Å². The zero-order valence-electron chi connectivity index (χ0n) is 5.89. The van der Waals surface area contributed by atoms with Gasteiger partial charge in [0.1, 0.15) is 0 Å². The lowest BCUT2D eigenvalue weighted by molar-refractivity contribution is 0.0378. The SMILES string of the molecule is O=S1(=O)OC[C@H]2COCCN21. The molecule has 0 bridgehead atoms. The molecular formula is C5H9NO4S. The highest BCUT2D eigenvalue weighted by Crippen LogP contribution is 2.20. The third kappa shape index (κ3) is 1.16. The average molecular weight is 179 g/mol. The smallest absolute Gasteiger partial charge is 0.338 e. The second-order valence-corrected chi connectivity index (χ2v) is 4.14. The minimum Gasteiger partial charge on any atom is -0.378 e. The predicted molar refractivity (Wildman–Crippen MR) is 36.2 cm³/mol. The van der Waals surface area contributed by atoms with Crippen LogP contribution in [0.15, 0.2) is 0 Å². The number of ether oxygens (including phenoxy) is 1. The standard InChI is InChI=1S/C5H9NO4S/c7-11(8)6-1-2-9-3-5(6)4-10-11/h5H,1-4H2/t5-/m1/s1. The maximum absolute atomic E-state index is 11.0. The topological polar surface area (TPSA) is 55.8 Å². The van der Waals surface area contributed by atoms with Gasteiger partial charge in [-0.15, -0.1) is 0 Å². The van der Waals surface area contributed by atoms with Gasteiger partial charge in [0.05, 0.1) is 25.9 Å². The van der Waals surface area contributed by atoms with Crippen LogP contribution in [0.25, 0.3) is 0 Å². The lowest BCUT2D eigenvalue weighted by Gasteiger charge is -2.24. The molecule has 64 valence electrons. The fraction of sp³-hybridized carbons (Fsp3) is 1.00. The zero-order valence-corrected chi connectivity index (χ0v) is 6.71. The average Bonchev–Trinajstić information content (AvgIpc) is 2.29. The van der Waals surface area contributed by atoms with Gasteiger partial charge in [0.2, 0.25) is 0 Å². The number of hydrogen-bond acceptors (Lipinski definition) is 4. The highest BCUT2D eigenvalue weighted by molar-refractivity contribution is 7.84. The molecule has 0 aliphatic carbocycles. The van der Waals surface area contributed by atoms with Crippen LogP contribution >= 0.6 is 0 Å². The summed E-state index contributed by atoms with van der Waals surface area (Å²) in [6.07, 6.45) is 0. The summed E-state index contributed by atoms with van der Waals surface area (Å²) in [7, 11) is -3.39. The molecule has 0 aromatic carbocycles. The monoisotopic (exact) mass is 179 g/mol. The van der Waals surface area contributed by atoms with Gasteiger partial charge in [-0.2, -0.15) is 12.7 Å². The Balaban J connectivity index is 2.23. The van der Waals surface area contributed by atoms with E-state index in [2.05, 4.69) is 4.18 Å². The van der Waals surface area contributed by atoms with Crippen molar-refractivity contribution in [2.75, 3.05) is 26.4 Å². The van der Waals surface area contributed by atoms with Crippen molar-refractivity contribution in [3.05, 3.63) is 0 Å². The molecule has 0 unspecified atom stereocenters. The fourth-order valence-corrected chi connectivity index (χ4v) is 2.55. The molecule has 0 aromatic heterocycles. The summed E-state index contributed by atoms with van der Waals surface area (Å²) in [4.78, 5) is 0. The Morgan fingerprint density at radius 2 is 2.18 bits per heavy atom. The third-order valence-electron chi connectivity index (χ3n) is 1.87. The molecule has 2 heterocycles. The van der Waals surface area contributed by atoms with Crippen molar-refractivity contribution in [1.29, 1.82) is 0 Å². The van der Waals surface area contributed by atoms with Crippen LogP contribution in [0.1, 0.15) is 0 Å². The Morgan fingerprint density at radius 1 is 1.36 bits per heavy atom. The Bertz CT molecular complexity index is 249. The van der Waals surface area contributed by atoms with Crippen molar-refractivity contribution in [2.24, 2.45) is 0 Å². The van der Waals surface area contributed by atoms with E-state index in [1.807, 2.05) is 0 Å². The molecular weight excluding hydrogens is 170 g/mol. The van der Waals surface area contributed by atoms with Crippen molar-refractivity contribution >= 4 is 10.3 Å². The van der Waals surface area contributed by atoms with Crippen molar-refractivity contribution in [2.45, 2.75) is 6.04 Å². The number of hydrogen-bond donors (Lipinski definition) is 0. The molecule has 5 nitrogen and oxygen atoms in total. The van der Waals surface area contributed by atoms with Crippen molar-refractivity contribution < 1.29 is 17.3 Å². The van der Waals surface area contributed by atoms with Gasteiger partial charge in [0, 0.05) is 6.54 Å². The molecule has 2 fully saturated rings. The highest BCUT2D eigenvalue weighted by Gasteiger charge is 2.40. The second kappa shape index (κ2) is 2.41. The maximum Gasteiger partial charge on any atom is 0.338 e. The van der Waals surface area contributed by atoms with Gasteiger partial charge < -0.3 is 4.74 Å². The quantitative estimate of drug-likeness (QED) is 0.476. The lowest BCUT2D eigenvalue weighted by Crippen LogP contribution is -2.43. The molecule has 0 radical (unpaired) electrons. The molecule has 2 saturated heterocycles. The van der Waals surface area contributed by atoms with Gasteiger partial charge in [-0.1, -0.05) is 0 Å². The fourth-order valence-electron chi connectivity index (χ4n) is 1.30.